The van der Waals surface area contributed by atoms with Gasteiger partial charge in [-0.05, 0) is 59.4 Å². The third-order valence-corrected chi connectivity index (χ3v) is 3.91. The summed E-state index contributed by atoms with van der Waals surface area (Å²) in [6.07, 6.45) is 3.80. The maximum absolute atomic E-state index is 12.1. The zero-order chi connectivity index (χ0) is 16.7. The number of rotatable bonds is 5. The van der Waals surface area contributed by atoms with Crippen molar-refractivity contribution >= 4 is 40.3 Å². The van der Waals surface area contributed by atoms with E-state index in [2.05, 4.69) is 33.1 Å². The molecule has 0 bridgehead atoms. The minimum Gasteiger partial charge on any atom is -0.496 e. The minimum atomic E-state index is -0.252. The maximum Gasteiger partial charge on any atom is 0.271 e. The summed E-state index contributed by atoms with van der Waals surface area (Å²) in [5, 5.41) is 4.08. The monoisotopic (exact) mass is 420 g/mol. The predicted octanol–water partition coefficient (Wildman–Crippen LogP) is 4.12. The Bertz CT molecular complexity index is 740. The second kappa shape index (κ2) is 8.47. The first-order valence-electron chi connectivity index (χ1n) is 7.01. The van der Waals surface area contributed by atoms with Crippen LogP contribution in [0.3, 0.4) is 0 Å². The SMILES string of the molecule is COc1ccc(C(=O)N/N=C(C)/C=C\c2ccccc2)cc1I. The van der Waals surface area contributed by atoms with E-state index in [0.29, 0.717) is 11.3 Å². The molecule has 2 rings (SSSR count). The molecule has 1 N–H and O–H groups in total. The molecule has 0 aliphatic heterocycles. The van der Waals surface area contributed by atoms with E-state index in [4.69, 9.17) is 4.74 Å². The zero-order valence-corrected chi connectivity index (χ0v) is 15.1. The lowest BCUT2D eigenvalue weighted by Crippen LogP contribution is -2.18. The number of hydrogen-bond donors (Lipinski definition) is 1. The Hall–Kier alpha value is -2.15. The molecule has 0 heterocycles. The minimum absolute atomic E-state index is 0.252. The number of carbonyl (C=O) groups is 1. The summed E-state index contributed by atoms with van der Waals surface area (Å²) in [5.41, 5.74) is 4.89. The third kappa shape index (κ3) is 5.21. The van der Waals surface area contributed by atoms with Crippen molar-refractivity contribution in [2.24, 2.45) is 5.10 Å². The smallest absolute Gasteiger partial charge is 0.271 e. The van der Waals surface area contributed by atoms with Crippen LogP contribution in [0.5, 0.6) is 5.75 Å². The molecule has 0 unspecified atom stereocenters. The number of nitrogens with zero attached hydrogens (tertiary/aromatic N) is 1. The summed E-state index contributed by atoms with van der Waals surface area (Å²) in [6, 6.07) is 15.2. The van der Waals surface area contributed by atoms with Crippen LogP contribution in [0.15, 0.2) is 59.7 Å². The number of carbonyl (C=O) groups excluding carboxylic acids is 1. The molecule has 2 aromatic rings. The first kappa shape index (κ1) is 17.2. The van der Waals surface area contributed by atoms with E-state index < -0.39 is 0 Å². The first-order valence-corrected chi connectivity index (χ1v) is 8.09. The van der Waals surface area contributed by atoms with Gasteiger partial charge >= 0.3 is 0 Å². The highest BCUT2D eigenvalue weighted by molar-refractivity contribution is 14.1. The molecule has 5 heteroatoms. The van der Waals surface area contributed by atoms with Crippen molar-refractivity contribution in [3.8, 4) is 5.75 Å². The maximum atomic E-state index is 12.1. The summed E-state index contributed by atoms with van der Waals surface area (Å²) < 4.78 is 6.05. The van der Waals surface area contributed by atoms with Crippen LogP contribution in [-0.2, 0) is 0 Å². The Morgan fingerprint density at radius 3 is 2.61 bits per heavy atom. The molecule has 0 aromatic heterocycles. The number of methoxy groups -OCH3 is 1. The Kier molecular flexibility index (Phi) is 6.34. The quantitative estimate of drug-likeness (QED) is 0.450. The fourth-order valence-electron chi connectivity index (χ4n) is 1.83. The largest absolute Gasteiger partial charge is 0.496 e. The van der Waals surface area contributed by atoms with Gasteiger partial charge in [0, 0.05) is 5.56 Å². The highest BCUT2D eigenvalue weighted by Crippen LogP contribution is 2.21. The lowest BCUT2D eigenvalue weighted by molar-refractivity contribution is 0.0954. The number of halogens is 1. The molecule has 2 aromatic carbocycles. The molecule has 0 aliphatic carbocycles. The van der Waals surface area contributed by atoms with Crippen LogP contribution < -0.4 is 10.2 Å². The number of benzene rings is 2. The number of hydrogen-bond acceptors (Lipinski definition) is 3. The van der Waals surface area contributed by atoms with Crippen LogP contribution in [0.25, 0.3) is 6.08 Å². The molecule has 23 heavy (non-hydrogen) atoms. The Morgan fingerprint density at radius 2 is 1.96 bits per heavy atom. The van der Waals surface area contributed by atoms with Gasteiger partial charge in [-0.15, -0.1) is 0 Å². The molecule has 0 radical (unpaired) electrons. The molecule has 0 fully saturated rings. The van der Waals surface area contributed by atoms with E-state index in [0.717, 1.165) is 14.9 Å². The fraction of sp³-hybridized carbons (Fsp3) is 0.111. The Morgan fingerprint density at radius 1 is 1.22 bits per heavy atom. The molecule has 0 saturated heterocycles. The van der Waals surface area contributed by atoms with Crippen LogP contribution >= 0.6 is 22.6 Å². The molecule has 0 aliphatic rings. The van der Waals surface area contributed by atoms with Gasteiger partial charge in [0.1, 0.15) is 5.75 Å². The third-order valence-electron chi connectivity index (χ3n) is 3.06. The lowest BCUT2D eigenvalue weighted by atomic mass is 10.2. The molecule has 0 atom stereocenters. The van der Waals surface area contributed by atoms with Gasteiger partial charge in [-0.2, -0.15) is 5.10 Å². The van der Waals surface area contributed by atoms with Gasteiger partial charge in [-0.1, -0.05) is 36.4 Å². The van der Waals surface area contributed by atoms with Crippen molar-refractivity contribution in [1.29, 1.82) is 0 Å². The van der Waals surface area contributed by atoms with E-state index in [1.165, 1.54) is 0 Å². The van der Waals surface area contributed by atoms with E-state index in [9.17, 15) is 4.79 Å². The predicted molar refractivity (Wildman–Crippen MR) is 102 cm³/mol. The summed E-state index contributed by atoms with van der Waals surface area (Å²) in [4.78, 5) is 12.1. The van der Waals surface area contributed by atoms with Gasteiger partial charge in [0.15, 0.2) is 0 Å². The van der Waals surface area contributed by atoms with Crippen molar-refractivity contribution < 1.29 is 9.53 Å². The summed E-state index contributed by atoms with van der Waals surface area (Å²) >= 11 is 2.13. The van der Waals surface area contributed by atoms with Gasteiger partial charge in [0.05, 0.1) is 16.4 Å². The summed E-state index contributed by atoms with van der Waals surface area (Å²) in [7, 11) is 1.60. The van der Waals surface area contributed by atoms with Gasteiger partial charge in [-0.3, -0.25) is 4.79 Å². The summed E-state index contributed by atoms with van der Waals surface area (Å²) in [6.45, 7) is 1.83. The molecule has 1 amide bonds. The van der Waals surface area contributed by atoms with Crippen molar-refractivity contribution in [2.45, 2.75) is 6.92 Å². The molecular weight excluding hydrogens is 403 g/mol. The number of nitrogens with one attached hydrogen (secondary N) is 1. The Labute approximate surface area is 149 Å². The van der Waals surface area contributed by atoms with Crippen LogP contribution in [0, 0.1) is 3.57 Å². The summed E-state index contributed by atoms with van der Waals surface area (Å²) in [5.74, 6) is 0.491. The average molecular weight is 420 g/mol. The first-order chi connectivity index (χ1) is 11.1. The van der Waals surface area contributed by atoms with Crippen molar-refractivity contribution in [3.63, 3.8) is 0 Å². The number of allylic oxidation sites excluding steroid dienone is 1. The number of amides is 1. The van der Waals surface area contributed by atoms with E-state index >= 15 is 0 Å². The molecule has 4 nitrogen and oxygen atoms in total. The second-order valence-electron chi connectivity index (χ2n) is 4.79. The van der Waals surface area contributed by atoms with Crippen LogP contribution in [0.4, 0.5) is 0 Å². The molecular formula is C18H17IN2O2. The number of ether oxygens (including phenoxy) is 1. The van der Waals surface area contributed by atoms with Crippen molar-refractivity contribution in [2.75, 3.05) is 7.11 Å². The van der Waals surface area contributed by atoms with Crippen LogP contribution in [-0.4, -0.2) is 18.7 Å². The van der Waals surface area contributed by atoms with Crippen molar-refractivity contribution in [1.82, 2.24) is 5.43 Å². The van der Waals surface area contributed by atoms with Gasteiger partial charge in [0.25, 0.3) is 5.91 Å². The number of hydrazone groups is 1. The highest BCUT2D eigenvalue weighted by Gasteiger charge is 2.07. The molecule has 0 spiro atoms. The zero-order valence-electron chi connectivity index (χ0n) is 12.9. The van der Waals surface area contributed by atoms with E-state index in [-0.39, 0.29) is 5.91 Å². The normalized spacial score (nSPS) is 11.5. The second-order valence-corrected chi connectivity index (χ2v) is 5.95. The average Bonchev–Trinajstić information content (AvgIpc) is 2.58. The van der Waals surface area contributed by atoms with Crippen molar-refractivity contribution in [3.05, 3.63) is 69.3 Å². The van der Waals surface area contributed by atoms with Gasteiger partial charge in [-0.25, -0.2) is 5.43 Å². The molecule has 118 valence electrons. The van der Waals surface area contributed by atoms with E-state index in [1.807, 2.05) is 49.4 Å². The van der Waals surface area contributed by atoms with Gasteiger partial charge < -0.3 is 4.74 Å². The topological polar surface area (TPSA) is 50.7 Å². The fourth-order valence-corrected chi connectivity index (χ4v) is 2.56. The molecule has 0 saturated carbocycles. The lowest BCUT2D eigenvalue weighted by Gasteiger charge is -2.05. The Balaban J connectivity index is 2.00. The van der Waals surface area contributed by atoms with E-state index in [1.54, 1.807) is 25.3 Å². The van der Waals surface area contributed by atoms with Gasteiger partial charge in [0.2, 0.25) is 0 Å². The highest BCUT2D eigenvalue weighted by atomic mass is 127. The van der Waals surface area contributed by atoms with Crippen LogP contribution in [0.1, 0.15) is 22.8 Å². The standard InChI is InChI=1S/C18H17IN2O2/c1-13(8-9-14-6-4-3-5-7-14)20-21-18(22)15-10-11-17(23-2)16(19)12-15/h3-12H,1-2H3,(H,21,22)/b9-8-,20-13+. The van der Waals surface area contributed by atoms with Crippen LogP contribution in [0.2, 0.25) is 0 Å².